The third-order valence-electron chi connectivity index (χ3n) is 3.64. The van der Waals surface area contributed by atoms with Crippen LogP contribution in [0.15, 0.2) is 0 Å². The molecule has 0 radical (unpaired) electrons. The summed E-state index contributed by atoms with van der Waals surface area (Å²) in [7, 11) is 0. The summed E-state index contributed by atoms with van der Waals surface area (Å²) in [6.45, 7) is 8.00. The van der Waals surface area contributed by atoms with Crippen LogP contribution in [-0.2, 0) is 9.53 Å². The van der Waals surface area contributed by atoms with Crippen LogP contribution in [0.5, 0.6) is 0 Å². The van der Waals surface area contributed by atoms with Crippen molar-refractivity contribution in [3.05, 3.63) is 0 Å². The highest BCUT2D eigenvalue weighted by molar-refractivity contribution is 7.98. The van der Waals surface area contributed by atoms with Gasteiger partial charge in [-0.1, -0.05) is 6.92 Å². The van der Waals surface area contributed by atoms with E-state index in [4.69, 9.17) is 4.74 Å². The number of hydrogen-bond donors (Lipinski definition) is 2. The Morgan fingerprint density at radius 2 is 2.00 bits per heavy atom. The van der Waals surface area contributed by atoms with E-state index in [1.165, 1.54) is 0 Å². The molecule has 0 saturated carbocycles. The van der Waals surface area contributed by atoms with Gasteiger partial charge in [-0.3, -0.25) is 4.79 Å². The molecule has 0 spiro atoms. The van der Waals surface area contributed by atoms with Crippen LogP contribution in [0.1, 0.15) is 27.7 Å². The third kappa shape index (κ3) is 3.87. The minimum atomic E-state index is -0.855. The molecular formula is C13H25NO3S. The number of thioether (sulfide) groups is 1. The maximum Gasteiger partial charge on any atom is 0.226 e. The zero-order valence-electron chi connectivity index (χ0n) is 11.9. The Morgan fingerprint density at radius 3 is 2.44 bits per heavy atom. The van der Waals surface area contributed by atoms with E-state index in [-0.39, 0.29) is 36.5 Å². The smallest absolute Gasteiger partial charge is 0.226 e. The van der Waals surface area contributed by atoms with Crippen LogP contribution in [0, 0.1) is 11.8 Å². The van der Waals surface area contributed by atoms with Crippen LogP contribution in [0.25, 0.3) is 0 Å². The average Bonchev–Trinajstić information content (AvgIpc) is 2.50. The van der Waals surface area contributed by atoms with E-state index in [2.05, 4.69) is 5.32 Å². The third-order valence-corrected chi connectivity index (χ3v) is 4.55. The van der Waals surface area contributed by atoms with Gasteiger partial charge in [-0.25, -0.2) is 0 Å². The van der Waals surface area contributed by atoms with Crippen molar-refractivity contribution in [3.63, 3.8) is 0 Å². The number of carbonyl (C=O) groups is 1. The van der Waals surface area contributed by atoms with Crippen molar-refractivity contribution in [2.24, 2.45) is 11.8 Å². The molecular weight excluding hydrogens is 250 g/mol. The topological polar surface area (TPSA) is 58.6 Å². The maximum absolute atomic E-state index is 12.2. The molecule has 0 bridgehead atoms. The fourth-order valence-electron chi connectivity index (χ4n) is 2.48. The van der Waals surface area contributed by atoms with Crippen molar-refractivity contribution < 1.29 is 14.6 Å². The second kappa shape index (κ2) is 6.26. The van der Waals surface area contributed by atoms with Gasteiger partial charge < -0.3 is 15.2 Å². The molecule has 2 N–H and O–H groups in total. The largest absolute Gasteiger partial charge is 0.387 e. The summed E-state index contributed by atoms with van der Waals surface area (Å²) in [5.41, 5.74) is -0.855. The van der Waals surface area contributed by atoms with E-state index in [1.807, 2.05) is 27.0 Å². The lowest BCUT2D eigenvalue weighted by atomic mass is 9.88. The highest BCUT2D eigenvalue weighted by atomic mass is 32.2. The number of hydrogen-bond acceptors (Lipinski definition) is 4. The highest BCUT2D eigenvalue weighted by Crippen LogP contribution is 2.32. The SMILES string of the molecule is CSCC(C)(O)CNC(=O)C1C(C)OC(C)C1C. The van der Waals surface area contributed by atoms with E-state index in [9.17, 15) is 9.90 Å². The first-order chi connectivity index (χ1) is 8.28. The van der Waals surface area contributed by atoms with Gasteiger partial charge in [0, 0.05) is 12.3 Å². The molecule has 1 fully saturated rings. The molecule has 1 amide bonds. The van der Waals surface area contributed by atoms with Gasteiger partial charge in [0.05, 0.1) is 23.7 Å². The molecule has 1 rings (SSSR count). The second-order valence-corrected chi connectivity index (χ2v) is 6.45. The van der Waals surface area contributed by atoms with Crippen molar-refractivity contribution in [2.45, 2.75) is 45.5 Å². The van der Waals surface area contributed by atoms with Gasteiger partial charge in [0.25, 0.3) is 0 Å². The van der Waals surface area contributed by atoms with Gasteiger partial charge in [0.15, 0.2) is 0 Å². The minimum Gasteiger partial charge on any atom is -0.387 e. The fourth-order valence-corrected chi connectivity index (χ4v) is 3.20. The summed E-state index contributed by atoms with van der Waals surface area (Å²) in [5, 5.41) is 12.9. The van der Waals surface area contributed by atoms with E-state index >= 15 is 0 Å². The van der Waals surface area contributed by atoms with E-state index in [1.54, 1.807) is 18.7 Å². The molecule has 106 valence electrons. The molecule has 18 heavy (non-hydrogen) atoms. The Hall–Kier alpha value is -0.260. The van der Waals surface area contributed by atoms with Gasteiger partial charge in [-0.2, -0.15) is 11.8 Å². The van der Waals surface area contributed by atoms with Crippen LogP contribution >= 0.6 is 11.8 Å². The lowest BCUT2D eigenvalue weighted by Gasteiger charge is -2.25. The number of nitrogens with one attached hydrogen (secondary N) is 1. The summed E-state index contributed by atoms with van der Waals surface area (Å²) in [6, 6.07) is 0. The normalized spacial score (nSPS) is 35.2. The van der Waals surface area contributed by atoms with E-state index in [0.29, 0.717) is 5.75 Å². The van der Waals surface area contributed by atoms with Crippen LogP contribution in [0.4, 0.5) is 0 Å². The molecule has 0 aromatic carbocycles. The number of rotatable bonds is 5. The number of amides is 1. The molecule has 1 saturated heterocycles. The van der Waals surface area contributed by atoms with Crippen molar-refractivity contribution in [2.75, 3.05) is 18.6 Å². The standard InChI is InChI=1S/C13H25NO3S/c1-8-9(2)17-10(3)11(8)12(15)14-6-13(4,16)7-18-5/h8-11,16H,6-7H2,1-5H3,(H,14,15). The average molecular weight is 275 g/mol. The molecule has 0 aliphatic carbocycles. The van der Waals surface area contributed by atoms with Crippen LogP contribution < -0.4 is 5.32 Å². The number of ether oxygens (including phenoxy) is 1. The second-order valence-electron chi connectivity index (χ2n) is 5.58. The maximum atomic E-state index is 12.2. The van der Waals surface area contributed by atoms with E-state index < -0.39 is 5.60 Å². The lowest BCUT2D eigenvalue weighted by Crippen LogP contribution is -2.46. The first kappa shape index (κ1) is 15.8. The van der Waals surface area contributed by atoms with Crippen LogP contribution in [-0.4, -0.2) is 47.4 Å². The minimum absolute atomic E-state index is 0.0132. The Kier molecular flexibility index (Phi) is 5.49. The Labute approximate surface area is 114 Å². The molecule has 0 aromatic rings. The Morgan fingerprint density at radius 1 is 1.39 bits per heavy atom. The first-order valence-electron chi connectivity index (χ1n) is 6.43. The zero-order valence-corrected chi connectivity index (χ0v) is 12.7. The van der Waals surface area contributed by atoms with E-state index in [0.717, 1.165) is 0 Å². The Bertz CT molecular complexity index is 296. The zero-order chi connectivity index (χ0) is 13.9. The molecule has 5 unspecified atom stereocenters. The fraction of sp³-hybridized carbons (Fsp3) is 0.923. The molecule has 1 aliphatic rings. The number of aliphatic hydroxyl groups is 1. The van der Waals surface area contributed by atoms with Gasteiger partial charge >= 0.3 is 0 Å². The monoisotopic (exact) mass is 275 g/mol. The van der Waals surface area contributed by atoms with Crippen molar-refractivity contribution in [1.82, 2.24) is 5.32 Å². The first-order valence-corrected chi connectivity index (χ1v) is 7.82. The molecule has 5 heteroatoms. The van der Waals surface area contributed by atoms with Gasteiger partial charge in [0.1, 0.15) is 0 Å². The van der Waals surface area contributed by atoms with Crippen molar-refractivity contribution in [1.29, 1.82) is 0 Å². The summed E-state index contributed by atoms with van der Waals surface area (Å²) in [5.74, 6) is 0.687. The highest BCUT2D eigenvalue weighted by Gasteiger charge is 2.41. The predicted octanol–water partition coefficient (Wildman–Crippen LogP) is 1.28. The summed E-state index contributed by atoms with van der Waals surface area (Å²) < 4.78 is 5.66. The van der Waals surface area contributed by atoms with Gasteiger partial charge in [0.2, 0.25) is 5.91 Å². The van der Waals surface area contributed by atoms with Crippen molar-refractivity contribution >= 4 is 17.7 Å². The van der Waals surface area contributed by atoms with Gasteiger partial charge in [-0.15, -0.1) is 0 Å². The molecule has 1 heterocycles. The summed E-state index contributed by atoms with van der Waals surface area (Å²) in [4.78, 5) is 12.2. The van der Waals surface area contributed by atoms with Gasteiger partial charge in [-0.05, 0) is 32.9 Å². The quantitative estimate of drug-likeness (QED) is 0.793. The molecule has 1 aliphatic heterocycles. The molecule has 0 aromatic heterocycles. The summed E-state index contributed by atoms with van der Waals surface area (Å²) >= 11 is 1.57. The predicted molar refractivity (Wildman–Crippen MR) is 74.7 cm³/mol. The number of carbonyl (C=O) groups excluding carboxylic acids is 1. The van der Waals surface area contributed by atoms with Crippen molar-refractivity contribution in [3.8, 4) is 0 Å². The van der Waals surface area contributed by atoms with Crippen LogP contribution in [0.2, 0.25) is 0 Å². The molecule has 5 atom stereocenters. The van der Waals surface area contributed by atoms with Crippen LogP contribution in [0.3, 0.4) is 0 Å². The Balaban J connectivity index is 2.51. The lowest BCUT2D eigenvalue weighted by molar-refractivity contribution is -0.128. The summed E-state index contributed by atoms with van der Waals surface area (Å²) in [6.07, 6.45) is 2.00. The molecule has 4 nitrogen and oxygen atoms in total.